The van der Waals surface area contributed by atoms with E-state index < -0.39 is 6.89 Å². The van der Waals surface area contributed by atoms with Crippen molar-refractivity contribution in [1.29, 1.82) is 0 Å². The Bertz CT molecular complexity index is 211. The highest BCUT2D eigenvalue weighted by atomic mass is 31.2. The first-order chi connectivity index (χ1) is 6.45. The van der Waals surface area contributed by atoms with Crippen molar-refractivity contribution in [3.05, 3.63) is 0 Å². The number of hydrogen-bond acceptors (Lipinski definition) is 4. The lowest BCUT2D eigenvalue weighted by atomic mass is 10.7. The van der Waals surface area contributed by atoms with E-state index in [0.29, 0.717) is 13.2 Å². The maximum Gasteiger partial charge on any atom is 0.336 e. The molecular formula is C9H19O4P. The molecule has 0 amide bonds. The van der Waals surface area contributed by atoms with Crippen molar-refractivity contribution in [2.75, 3.05) is 46.9 Å². The smallest absolute Gasteiger partial charge is 0.336 e. The first-order valence-corrected chi connectivity index (χ1v) is 7.57. The largest absolute Gasteiger partial charge is 0.433 e. The second-order valence-corrected chi connectivity index (χ2v) is 8.20. The third-order valence-electron chi connectivity index (χ3n) is 1.15. The van der Waals surface area contributed by atoms with E-state index in [0.717, 1.165) is 0 Å². The van der Waals surface area contributed by atoms with Gasteiger partial charge in [0.1, 0.15) is 6.61 Å². The Hall–Kier alpha value is -0.310. The number of esters is 1. The molecule has 0 radical (unpaired) electrons. The van der Waals surface area contributed by atoms with Gasteiger partial charge < -0.3 is 14.2 Å². The zero-order valence-corrected chi connectivity index (χ0v) is 10.2. The number of ether oxygens (including phenoxy) is 3. The van der Waals surface area contributed by atoms with Gasteiger partial charge in [-0.15, -0.1) is 0 Å². The van der Waals surface area contributed by atoms with Gasteiger partial charge in [-0.1, -0.05) is 6.89 Å². The highest BCUT2D eigenvalue weighted by Gasteiger charge is 2.02. The molecule has 0 spiro atoms. The van der Waals surface area contributed by atoms with Crippen LogP contribution in [0, 0.1) is 0 Å². The van der Waals surface area contributed by atoms with Crippen LogP contribution in [0.2, 0.25) is 0 Å². The van der Waals surface area contributed by atoms with Crippen LogP contribution in [0.15, 0.2) is 0 Å². The van der Waals surface area contributed by atoms with Crippen LogP contribution >= 0.6 is 6.89 Å². The summed E-state index contributed by atoms with van der Waals surface area (Å²) in [5.41, 5.74) is 0. The van der Waals surface area contributed by atoms with Crippen molar-refractivity contribution in [2.45, 2.75) is 0 Å². The monoisotopic (exact) mass is 222 g/mol. The molecule has 14 heavy (non-hydrogen) atoms. The molecule has 0 aromatic carbocycles. The topological polar surface area (TPSA) is 44.8 Å². The Morgan fingerprint density at radius 1 is 1.29 bits per heavy atom. The Labute approximate surface area is 85.5 Å². The van der Waals surface area contributed by atoms with Crippen LogP contribution in [0.5, 0.6) is 0 Å². The van der Waals surface area contributed by atoms with Gasteiger partial charge >= 0.3 is 5.97 Å². The second kappa shape index (κ2) is 7.04. The number of carbonyl (C=O) groups excluding carboxylic acids is 1. The van der Waals surface area contributed by atoms with Crippen LogP contribution in [-0.2, 0) is 19.0 Å². The molecule has 0 saturated heterocycles. The number of carbonyl (C=O) groups is 1. The van der Waals surface area contributed by atoms with Crippen LogP contribution in [0.3, 0.4) is 0 Å². The summed E-state index contributed by atoms with van der Waals surface area (Å²) in [5, 5.41) is 0. The molecule has 0 unspecified atom stereocenters. The van der Waals surface area contributed by atoms with Crippen molar-refractivity contribution < 1.29 is 19.0 Å². The molecule has 0 aromatic rings. The minimum Gasteiger partial charge on any atom is -0.433 e. The molecule has 4 nitrogen and oxygen atoms in total. The number of rotatable bonds is 6. The summed E-state index contributed by atoms with van der Waals surface area (Å²) in [5.74, 6) is 1.27. The van der Waals surface area contributed by atoms with E-state index in [1.54, 1.807) is 13.1 Å². The van der Waals surface area contributed by atoms with E-state index >= 15 is 0 Å². The summed E-state index contributed by atoms with van der Waals surface area (Å²) in [7, 11) is 1.58. The minimum absolute atomic E-state index is 0.0140. The first-order valence-electron chi connectivity index (χ1n) is 4.37. The molecular weight excluding hydrogens is 203 g/mol. The molecule has 0 bridgehead atoms. The van der Waals surface area contributed by atoms with E-state index in [-0.39, 0.29) is 12.6 Å². The summed E-state index contributed by atoms with van der Waals surface area (Å²) in [6.07, 6.45) is 0. The van der Waals surface area contributed by atoms with Crippen LogP contribution < -0.4 is 0 Å². The Balaban J connectivity index is 3.57. The minimum atomic E-state index is -1.16. The van der Waals surface area contributed by atoms with Gasteiger partial charge in [-0.05, 0) is 20.0 Å². The number of hydrogen-bond donors (Lipinski definition) is 0. The van der Waals surface area contributed by atoms with Crippen LogP contribution in [0.1, 0.15) is 0 Å². The fourth-order valence-electron chi connectivity index (χ4n) is 0.549. The first kappa shape index (κ1) is 13.7. The van der Waals surface area contributed by atoms with Crippen LogP contribution in [0.25, 0.3) is 0 Å². The SMILES string of the molecule is COCCOCC(=O)OC=P(C)(C)C. The molecule has 84 valence electrons. The molecule has 0 aromatic heterocycles. The fourth-order valence-corrected chi connectivity index (χ4v) is 0.982. The van der Waals surface area contributed by atoms with Gasteiger partial charge in [0.15, 0.2) is 0 Å². The summed E-state index contributed by atoms with van der Waals surface area (Å²) < 4.78 is 14.7. The molecule has 0 fully saturated rings. The Kier molecular flexibility index (Phi) is 6.89. The summed E-state index contributed by atoms with van der Waals surface area (Å²) >= 11 is 0. The van der Waals surface area contributed by atoms with E-state index in [1.165, 1.54) is 0 Å². The van der Waals surface area contributed by atoms with E-state index in [4.69, 9.17) is 14.2 Å². The molecule has 0 aliphatic heterocycles. The predicted molar refractivity (Wildman–Crippen MR) is 59.5 cm³/mol. The second-order valence-electron chi connectivity index (χ2n) is 3.76. The molecule has 0 atom stereocenters. The number of methoxy groups -OCH3 is 1. The van der Waals surface area contributed by atoms with Crippen LogP contribution in [-0.4, -0.2) is 58.9 Å². The molecule has 0 aliphatic rings. The Morgan fingerprint density at radius 3 is 2.43 bits per heavy atom. The predicted octanol–water partition coefficient (Wildman–Crippen LogP) is 0.859. The van der Waals surface area contributed by atoms with Gasteiger partial charge in [-0.2, -0.15) is 0 Å². The average molecular weight is 222 g/mol. The van der Waals surface area contributed by atoms with E-state index in [9.17, 15) is 4.79 Å². The third kappa shape index (κ3) is 9.78. The normalized spacial score (nSPS) is 11.1. The van der Waals surface area contributed by atoms with Gasteiger partial charge in [0, 0.05) is 7.11 Å². The van der Waals surface area contributed by atoms with Crippen molar-refractivity contribution in [3.8, 4) is 0 Å². The molecule has 0 heterocycles. The van der Waals surface area contributed by atoms with Gasteiger partial charge in [-0.25, -0.2) is 4.79 Å². The zero-order valence-electron chi connectivity index (χ0n) is 9.28. The molecule has 0 rings (SSSR count). The summed E-state index contributed by atoms with van der Waals surface area (Å²) in [6.45, 7) is 5.91. The van der Waals surface area contributed by atoms with Crippen LogP contribution in [0.4, 0.5) is 0 Å². The van der Waals surface area contributed by atoms with Gasteiger partial charge in [0.25, 0.3) is 0 Å². The van der Waals surface area contributed by atoms with Crippen molar-refractivity contribution >= 4 is 18.8 Å². The molecule has 0 saturated carbocycles. The highest BCUT2D eigenvalue weighted by molar-refractivity contribution is 7.72. The van der Waals surface area contributed by atoms with Crippen molar-refractivity contribution in [3.63, 3.8) is 0 Å². The van der Waals surface area contributed by atoms with Crippen molar-refractivity contribution in [2.24, 2.45) is 0 Å². The van der Waals surface area contributed by atoms with Gasteiger partial charge in [0.05, 0.1) is 19.2 Å². The molecule has 0 N–H and O–H groups in total. The molecule has 5 heteroatoms. The summed E-state index contributed by atoms with van der Waals surface area (Å²) in [4.78, 5) is 11.1. The zero-order chi connectivity index (χ0) is 11.0. The van der Waals surface area contributed by atoms with Gasteiger partial charge in [0.2, 0.25) is 0 Å². The maximum absolute atomic E-state index is 11.1. The molecule has 0 aliphatic carbocycles. The fraction of sp³-hybridized carbons (Fsp3) is 0.778. The Morgan fingerprint density at radius 2 is 1.93 bits per heavy atom. The van der Waals surface area contributed by atoms with Gasteiger partial charge in [-0.3, -0.25) is 0 Å². The quantitative estimate of drug-likeness (QED) is 0.380. The average Bonchev–Trinajstić information content (AvgIpc) is 2.08. The third-order valence-corrected chi connectivity index (χ3v) is 1.89. The van der Waals surface area contributed by atoms with E-state index in [2.05, 4.69) is 20.0 Å². The lowest BCUT2D eigenvalue weighted by Gasteiger charge is -2.07. The maximum atomic E-state index is 11.1. The van der Waals surface area contributed by atoms with E-state index in [1.807, 2.05) is 0 Å². The highest BCUT2D eigenvalue weighted by Crippen LogP contribution is 2.31. The standard InChI is InChI=1S/C9H19O4P/c1-11-5-6-12-7-9(10)13-8-14(2,3)4/h8H,5-7H2,1-4H3. The lowest BCUT2D eigenvalue weighted by molar-refractivity contribution is -0.140. The van der Waals surface area contributed by atoms with Crippen molar-refractivity contribution in [1.82, 2.24) is 0 Å². The lowest BCUT2D eigenvalue weighted by Crippen LogP contribution is -2.14. The summed E-state index contributed by atoms with van der Waals surface area (Å²) in [6, 6.07) is 0.